The average Bonchev–Trinajstić information content (AvgIpc) is 3.10. The van der Waals surface area contributed by atoms with Gasteiger partial charge in [-0.3, -0.25) is 0 Å². The summed E-state index contributed by atoms with van der Waals surface area (Å²) >= 11 is 0. The summed E-state index contributed by atoms with van der Waals surface area (Å²) in [7, 11) is 0. The zero-order chi connectivity index (χ0) is 29.5. The van der Waals surface area contributed by atoms with Gasteiger partial charge in [-0.2, -0.15) is 0 Å². The first-order chi connectivity index (χ1) is 22.3. The van der Waals surface area contributed by atoms with Gasteiger partial charge in [0.1, 0.15) is 0 Å². The summed E-state index contributed by atoms with van der Waals surface area (Å²) in [5.74, 6) is 0. The number of hydrogen-bond donors (Lipinski definition) is 0. The van der Waals surface area contributed by atoms with Gasteiger partial charge in [0.15, 0.2) is 0 Å². The minimum atomic E-state index is 0.911. The third kappa shape index (κ3) is 3.73. The van der Waals surface area contributed by atoms with Crippen LogP contribution in [-0.4, -0.2) is 0 Å². The van der Waals surface area contributed by atoms with E-state index in [1.807, 2.05) is 0 Å². The first-order valence-corrected chi connectivity index (χ1v) is 15.8. The molecule has 0 saturated heterocycles. The van der Waals surface area contributed by atoms with E-state index in [1.165, 1.54) is 97.3 Å². The molecule has 0 aliphatic carbocycles. The fraction of sp³-hybridized carbons (Fsp3) is 0.0222. The van der Waals surface area contributed by atoms with Crippen molar-refractivity contribution in [1.82, 2.24) is 0 Å². The van der Waals surface area contributed by atoms with Crippen LogP contribution in [0.2, 0.25) is 0 Å². The molecule has 0 aliphatic heterocycles. The van der Waals surface area contributed by atoms with Crippen LogP contribution in [0.25, 0.3) is 86.2 Å². The number of benzene rings is 10. The van der Waals surface area contributed by atoms with Crippen molar-refractivity contribution in [3.63, 3.8) is 0 Å². The smallest absolute Gasteiger partial charge is 0.00253 e. The molecule has 0 amide bonds. The molecular weight excluding hydrogens is 540 g/mol. The highest BCUT2D eigenvalue weighted by Gasteiger charge is 2.11. The third-order valence-electron chi connectivity index (χ3n) is 10.00. The topological polar surface area (TPSA) is 0 Å². The second-order valence-electron chi connectivity index (χ2n) is 12.5. The van der Waals surface area contributed by atoms with E-state index in [0.29, 0.717) is 0 Å². The molecule has 0 heteroatoms. The SMILES string of the molecule is c1ccc2c(c1)ccc1c2ccc2c3ccc(Cc4ccc5c(ccc6c5ccc5ccc7ccccc7c56)c4)cc3ccc21. The van der Waals surface area contributed by atoms with Crippen molar-refractivity contribution in [2.24, 2.45) is 0 Å². The van der Waals surface area contributed by atoms with Crippen LogP contribution in [0.1, 0.15) is 11.1 Å². The van der Waals surface area contributed by atoms with Crippen LogP contribution in [0.15, 0.2) is 158 Å². The van der Waals surface area contributed by atoms with E-state index in [0.717, 1.165) is 6.42 Å². The molecule has 0 N–H and O–H groups in total. The largest absolute Gasteiger partial charge is 0.0616 e. The molecule has 0 radical (unpaired) electrons. The molecule has 0 aromatic heterocycles. The van der Waals surface area contributed by atoms with Gasteiger partial charge in [-0.25, -0.2) is 0 Å². The number of hydrogen-bond acceptors (Lipinski definition) is 0. The van der Waals surface area contributed by atoms with Gasteiger partial charge in [0.25, 0.3) is 0 Å². The molecule has 10 aromatic rings. The van der Waals surface area contributed by atoms with E-state index in [-0.39, 0.29) is 0 Å². The van der Waals surface area contributed by atoms with Crippen LogP contribution in [0.5, 0.6) is 0 Å². The monoisotopic (exact) mass is 568 g/mol. The van der Waals surface area contributed by atoms with Crippen LogP contribution in [0.4, 0.5) is 0 Å². The minimum Gasteiger partial charge on any atom is -0.0616 e. The lowest BCUT2D eigenvalue weighted by Gasteiger charge is -2.12. The molecule has 0 nitrogen and oxygen atoms in total. The highest BCUT2D eigenvalue weighted by atomic mass is 14.1. The van der Waals surface area contributed by atoms with E-state index in [4.69, 9.17) is 0 Å². The van der Waals surface area contributed by atoms with E-state index in [9.17, 15) is 0 Å². The summed E-state index contributed by atoms with van der Waals surface area (Å²) in [5, 5.41) is 21.0. The quantitative estimate of drug-likeness (QED) is 0.182. The normalized spacial score (nSPS) is 12.1. The van der Waals surface area contributed by atoms with Gasteiger partial charge in [-0.15, -0.1) is 0 Å². The fourth-order valence-corrected chi connectivity index (χ4v) is 7.85. The lowest BCUT2D eigenvalue weighted by molar-refractivity contribution is 1.21. The van der Waals surface area contributed by atoms with Gasteiger partial charge < -0.3 is 0 Å². The zero-order valence-corrected chi connectivity index (χ0v) is 24.7. The Morgan fingerprint density at radius 1 is 0.244 bits per heavy atom. The molecule has 0 heterocycles. The Kier molecular flexibility index (Phi) is 5.15. The maximum Gasteiger partial charge on any atom is -0.00253 e. The predicted octanol–water partition coefficient (Wildman–Crippen LogP) is 12.5. The van der Waals surface area contributed by atoms with Gasteiger partial charge in [-0.1, -0.05) is 158 Å². The molecule has 0 spiro atoms. The van der Waals surface area contributed by atoms with E-state index < -0.39 is 0 Å². The Labute approximate surface area is 260 Å². The molecule has 0 bridgehead atoms. The molecule has 10 rings (SSSR count). The lowest BCUT2D eigenvalue weighted by Crippen LogP contribution is -1.90. The second-order valence-corrected chi connectivity index (χ2v) is 12.5. The molecule has 0 unspecified atom stereocenters. The van der Waals surface area contributed by atoms with E-state index >= 15 is 0 Å². The van der Waals surface area contributed by atoms with Gasteiger partial charge in [0, 0.05) is 0 Å². The summed E-state index contributed by atoms with van der Waals surface area (Å²) < 4.78 is 0. The van der Waals surface area contributed by atoms with E-state index in [1.54, 1.807) is 0 Å². The summed E-state index contributed by atoms with van der Waals surface area (Å²) in [4.78, 5) is 0. The van der Waals surface area contributed by atoms with Crippen LogP contribution in [-0.2, 0) is 6.42 Å². The van der Waals surface area contributed by atoms with Crippen molar-refractivity contribution < 1.29 is 0 Å². The average molecular weight is 569 g/mol. The van der Waals surface area contributed by atoms with Crippen LogP contribution < -0.4 is 0 Å². The highest BCUT2D eigenvalue weighted by molar-refractivity contribution is 6.25. The Morgan fingerprint density at radius 2 is 0.622 bits per heavy atom. The van der Waals surface area contributed by atoms with Crippen molar-refractivity contribution in [2.45, 2.75) is 6.42 Å². The fourth-order valence-electron chi connectivity index (χ4n) is 7.85. The van der Waals surface area contributed by atoms with E-state index in [2.05, 4.69) is 158 Å². The molecule has 208 valence electrons. The van der Waals surface area contributed by atoms with Gasteiger partial charge in [0.05, 0.1) is 0 Å². The van der Waals surface area contributed by atoms with Crippen molar-refractivity contribution >= 4 is 86.2 Å². The van der Waals surface area contributed by atoms with Crippen LogP contribution >= 0.6 is 0 Å². The Morgan fingerprint density at radius 3 is 1.29 bits per heavy atom. The summed E-state index contributed by atoms with van der Waals surface area (Å²) in [6.45, 7) is 0. The standard InChI is InChI=1S/C45H28/c1-3-7-35-30(5-1)13-19-42-39(35)23-24-40-36-17-9-28(26-33(36)15-21-43(40)42)25-29-10-18-37-34(27-29)16-22-44-41(37)20-14-32-12-11-31-6-2-4-8-38(31)45(32)44/h1-24,26-27H,25H2. The summed E-state index contributed by atoms with van der Waals surface area (Å²) in [6.07, 6.45) is 0.911. The van der Waals surface area contributed by atoms with Crippen molar-refractivity contribution in [2.75, 3.05) is 0 Å². The highest BCUT2D eigenvalue weighted by Crippen LogP contribution is 2.37. The first kappa shape index (κ1) is 24.7. The molecule has 0 atom stereocenters. The first-order valence-electron chi connectivity index (χ1n) is 15.8. The Bertz CT molecular complexity index is 2840. The van der Waals surface area contributed by atoms with Crippen molar-refractivity contribution in [3.05, 3.63) is 169 Å². The molecule has 0 saturated carbocycles. The maximum atomic E-state index is 2.38. The maximum absolute atomic E-state index is 2.38. The zero-order valence-electron chi connectivity index (χ0n) is 24.7. The number of rotatable bonds is 2. The van der Waals surface area contributed by atoms with Gasteiger partial charge in [-0.05, 0) is 104 Å². The molecule has 0 aliphatic rings. The van der Waals surface area contributed by atoms with Gasteiger partial charge in [0.2, 0.25) is 0 Å². The van der Waals surface area contributed by atoms with Crippen LogP contribution in [0, 0.1) is 0 Å². The Hall–Kier alpha value is -5.72. The summed E-state index contributed by atoms with van der Waals surface area (Å²) in [6, 6.07) is 58.9. The molecule has 45 heavy (non-hydrogen) atoms. The van der Waals surface area contributed by atoms with Gasteiger partial charge >= 0.3 is 0 Å². The predicted molar refractivity (Wildman–Crippen MR) is 196 cm³/mol. The lowest BCUT2D eigenvalue weighted by atomic mass is 9.92. The second kappa shape index (κ2) is 9.39. The molecule has 10 aromatic carbocycles. The molecule has 0 fully saturated rings. The van der Waals surface area contributed by atoms with Crippen LogP contribution in [0.3, 0.4) is 0 Å². The summed E-state index contributed by atoms with van der Waals surface area (Å²) in [5.41, 5.74) is 2.68. The van der Waals surface area contributed by atoms with Crippen molar-refractivity contribution in [3.8, 4) is 0 Å². The minimum absolute atomic E-state index is 0.911. The Balaban J connectivity index is 1.05. The van der Waals surface area contributed by atoms with Crippen molar-refractivity contribution in [1.29, 1.82) is 0 Å². The molecular formula is C45H28. The number of fused-ring (bicyclic) bond motifs is 14. The third-order valence-corrected chi connectivity index (χ3v) is 10.00.